The summed E-state index contributed by atoms with van der Waals surface area (Å²) in [6.45, 7) is 0. The summed E-state index contributed by atoms with van der Waals surface area (Å²) in [5.41, 5.74) is 6.78. The fourth-order valence-electron chi connectivity index (χ4n) is 6.84. The summed E-state index contributed by atoms with van der Waals surface area (Å²) in [4.78, 5) is 15.2. The topological polar surface area (TPSA) is 51.8 Å². The van der Waals surface area contributed by atoms with Crippen molar-refractivity contribution >= 4 is 64.2 Å². The van der Waals surface area contributed by atoms with Gasteiger partial charge < -0.3 is 4.42 Å². The van der Waals surface area contributed by atoms with Gasteiger partial charge in [0.2, 0.25) is 0 Å². The number of nitrogens with zero attached hydrogens (tertiary/aromatic N) is 3. The van der Waals surface area contributed by atoms with E-state index in [0.29, 0.717) is 17.5 Å². The summed E-state index contributed by atoms with van der Waals surface area (Å²) in [7, 11) is 0. The zero-order valence-corrected chi connectivity index (χ0v) is 26.4. The first-order chi connectivity index (χ1) is 23.8. The fraction of sp³-hybridized carbons (Fsp3) is 0. The molecule has 0 saturated heterocycles. The third kappa shape index (κ3) is 4.33. The first-order valence-electron chi connectivity index (χ1n) is 15.9. The molecule has 0 spiro atoms. The van der Waals surface area contributed by atoms with Gasteiger partial charge in [-0.1, -0.05) is 115 Å². The Morgan fingerprint density at radius 3 is 1.94 bits per heavy atom. The van der Waals surface area contributed by atoms with Crippen LogP contribution in [0, 0.1) is 0 Å². The molecule has 0 N–H and O–H groups in total. The second-order valence-corrected chi connectivity index (χ2v) is 13.1. The van der Waals surface area contributed by atoms with Crippen LogP contribution in [0.2, 0.25) is 0 Å². The molecule has 0 amide bonds. The number of para-hydroxylation sites is 1. The number of fused-ring (bicyclic) bond motifs is 7. The lowest BCUT2D eigenvalue weighted by atomic mass is 9.94. The molecule has 4 nitrogen and oxygen atoms in total. The summed E-state index contributed by atoms with van der Waals surface area (Å²) >= 11 is 1.84. The van der Waals surface area contributed by atoms with Crippen molar-refractivity contribution in [1.82, 2.24) is 15.0 Å². The van der Waals surface area contributed by atoms with E-state index >= 15 is 0 Å². The Kier molecular flexibility index (Phi) is 6.01. The van der Waals surface area contributed by atoms with E-state index in [1.807, 2.05) is 65.9 Å². The Balaban J connectivity index is 1.21. The molecule has 10 aromatic rings. The van der Waals surface area contributed by atoms with E-state index < -0.39 is 0 Å². The molecule has 0 aliphatic rings. The standard InChI is InChI=1S/C43H25N3OS/c1-2-11-26(12-3-1)41-44-42(28-21-22-32-31-15-6-8-19-37(31)47-38(32)25-28)46-43(45-41)29-23-27-13-4-5-14-30(27)36(24-29)35-18-10-17-34-33-16-7-9-20-39(33)48-40(34)35/h1-25H. The van der Waals surface area contributed by atoms with Crippen LogP contribution < -0.4 is 0 Å². The molecule has 10 rings (SSSR count). The Morgan fingerprint density at radius 2 is 1.06 bits per heavy atom. The smallest absolute Gasteiger partial charge is 0.164 e. The molecule has 0 saturated carbocycles. The van der Waals surface area contributed by atoms with Gasteiger partial charge in [0.05, 0.1) is 0 Å². The number of benzene rings is 7. The van der Waals surface area contributed by atoms with E-state index in [9.17, 15) is 0 Å². The van der Waals surface area contributed by atoms with Gasteiger partial charge in [-0.3, -0.25) is 0 Å². The SMILES string of the molecule is c1ccc(-c2nc(-c3cc(-c4cccc5c4sc4ccccc45)c4ccccc4c3)nc(-c3ccc4c(c3)oc3ccccc34)n2)cc1. The lowest BCUT2D eigenvalue weighted by Gasteiger charge is -2.13. The van der Waals surface area contributed by atoms with Crippen molar-refractivity contribution in [2.45, 2.75) is 0 Å². The lowest BCUT2D eigenvalue weighted by Crippen LogP contribution is -2.00. The molecular weight excluding hydrogens is 607 g/mol. The highest BCUT2D eigenvalue weighted by atomic mass is 32.1. The van der Waals surface area contributed by atoms with Gasteiger partial charge >= 0.3 is 0 Å². The highest BCUT2D eigenvalue weighted by Crippen LogP contribution is 2.43. The van der Waals surface area contributed by atoms with Crippen molar-refractivity contribution in [3.05, 3.63) is 152 Å². The molecule has 5 heteroatoms. The van der Waals surface area contributed by atoms with Crippen LogP contribution in [0.3, 0.4) is 0 Å². The number of hydrogen-bond acceptors (Lipinski definition) is 5. The molecule has 7 aromatic carbocycles. The van der Waals surface area contributed by atoms with Crippen LogP contribution in [0.4, 0.5) is 0 Å². The quantitative estimate of drug-likeness (QED) is 0.194. The van der Waals surface area contributed by atoms with Crippen LogP contribution in [-0.2, 0) is 0 Å². The summed E-state index contributed by atoms with van der Waals surface area (Å²) in [6.07, 6.45) is 0. The number of aromatic nitrogens is 3. The van der Waals surface area contributed by atoms with Crippen LogP contribution in [0.1, 0.15) is 0 Å². The van der Waals surface area contributed by atoms with Crippen molar-refractivity contribution in [3.63, 3.8) is 0 Å². The van der Waals surface area contributed by atoms with Gasteiger partial charge in [0.15, 0.2) is 17.5 Å². The first kappa shape index (κ1) is 27.0. The van der Waals surface area contributed by atoms with Gasteiger partial charge in [-0.2, -0.15) is 0 Å². The molecule has 0 aliphatic carbocycles. The van der Waals surface area contributed by atoms with E-state index in [2.05, 4.69) is 97.1 Å². The fourth-order valence-corrected chi connectivity index (χ4v) is 8.07. The van der Waals surface area contributed by atoms with Crippen molar-refractivity contribution < 1.29 is 4.42 Å². The predicted molar refractivity (Wildman–Crippen MR) is 199 cm³/mol. The Bertz CT molecular complexity index is 2850. The van der Waals surface area contributed by atoms with Crippen molar-refractivity contribution in [3.8, 4) is 45.3 Å². The third-order valence-corrected chi connectivity index (χ3v) is 10.3. The zero-order valence-electron chi connectivity index (χ0n) is 25.6. The summed E-state index contributed by atoms with van der Waals surface area (Å²) in [5.74, 6) is 1.85. The van der Waals surface area contributed by atoms with E-state index in [1.54, 1.807) is 0 Å². The highest BCUT2D eigenvalue weighted by Gasteiger charge is 2.18. The lowest BCUT2D eigenvalue weighted by molar-refractivity contribution is 0.669. The second kappa shape index (κ2) is 10.7. The molecule has 0 radical (unpaired) electrons. The number of furan rings is 1. The molecule has 0 fully saturated rings. The summed E-state index contributed by atoms with van der Waals surface area (Å²) in [5, 5.41) is 7.06. The van der Waals surface area contributed by atoms with Gasteiger partial charge in [0, 0.05) is 53.2 Å². The minimum Gasteiger partial charge on any atom is -0.456 e. The molecule has 3 heterocycles. The van der Waals surface area contributed by atoms with Crippen LogP contribution in [0.15, 0.2) is 156 Å². The third-order valence-electron chi connectivity index (χ3n) is 9.12. The molecule has 3 aromatic heterocycles. The van der Waals surface area contributed by atoms with E-state index in [4.69, 9.17) is 19.4 Å². The first-order valence-corrected chi connectivity index (χ1v) is 16.8. The van der Waals surface area contributed by atoms with Crippen LogP contribution in [0.25, 0.3) is 98.2 Å². The van der Waals surface area contributed by atoms with Crippen LogP contribution in [0.5, 0.6) is 0 Å². The summed E-state index contributed by atoms with van der Waals surface area (Å²) < 4.78 is 8.81. The largest absolute Gasteiger partial charge is 0.456 e. The number of rotatable bonds is 4. The van der Waals surface area contributed by atoms with Crippen molar-refractivity contribution in [1.29, 1.82) is 0 Å². The zero-order chi connectivity index (χ0) is 31.6. The average Bonchev–Trinajstić information content (AvgIpc) is 3.73. The molecule has 0 atom stereocenters. The molecule has 0 aliphatic heterocycles. The van der Waals surface area contributed by atoms with E-state index in [0.717, 1.165) is 49.6 Å². The van der Waals surface area contributed by atoms with Crippen molar-refractivity contribution in [2.24, 2.45) is 0 Å². The Hall–Kier alpha value is -6.17. The van der Waals surface area contributed by atoms with Gasteiger partial charge in [-0.05, 0) is 52.7 Å². The van der Waals surface area contributed by atoms with Crippen molar-refractivity contribution in [2.75, 3.05) is 0 Å². The van der Waals surface area contributed by atoms with Gasteiger partial charge in [-0.25, -0.2) is 15.0 Å². The monoisotopic (exact) mass is 631 g/mol. The molecule has 48 heavy (non-hydrogen) atoms. The second-order valence-electron chi connectivity index (χ2n) is 12.0. The minimum absolute atomic E-state index is 0.600. The van der Waals surface area contributed by atoms with E-state index in [-0.39, 0.29) is 0 Å². The highest BCUT2D eigenvalue weighted by molar-refractivity contribution is 7.26. The average molecular weight is 632 g/mol. The minimum atomic E-state index is 0.600. The number of hydrogen-bond donors (Lipinski definition) is 0. The van der Waals surface area contributed by atoms with E-state index in [1.165, 1.54) is 31.1 Å². The van der Waals surface area contributed by atoms with Gasteiger partial charge in [-0.15, -0.1) is 11.3 Å². The molecule has 0 bridgehead atoms. The maximum Gasteiger partial charge on any atom is 0.164 e. The normalized spacial score (nSPS) is 11.8. The Morgan fingerprint density at radius 1 is 0.396 bits per heavy atom. The van der Waals surface area contributed by atoms with Crippen LogP contribution in [-0.4, -0.2) is 15.0 Å². The predicted octanol–water partition coefficient (Wildman–Crippen LogP) is 12.0. The maximum atomic E-state index is 6.24. The maximum absolute atomic E-state index is 6.24. The molecule has 0 unspecified atom stereocenters. The number of thiophene rings is 1. The Labute approximate surface area is 279 Å². The van der Waals surface area contributed by atoms with Gasteiger partial charge in [0.1, 0.15) is 11.2 Å². The summed E-state index contributed by atoms with van der Waals surface area (Å²) in [6, 6.07) is 52.8. The van der Waals surface area contributed by atoms with Crippen LogP contribution >= 0.6 is 11.3 Å². The van der Waals surface area contributed by atoms with Gasteiger partial charge in [0.25, 0.3) is 0 Å². The molecular formula is C43H25N3OS. The molecule has 224 valence electrons.